The Morgan fingerprint density at radius 1 is 0.969 bits per heavy atom. The summed E-state index contributed by atoms with van der Waals surface area (Å²) in [5.74, 6) is -0.702. The molecule has 0 spiro atoms. The molecule has 7 heteroatoms. The lowest BCUT2D eigenvalue weighted by molar-refractivity contribution is -0.133. The molecule has 168 valence electrons. The zero-order chi connectivity index (χ0) is 22.9. The minimum absolute atomic E-state index is 0.0664. The number of benzene rings is 2. The van der Waals surface area contributed by atoms with Gasteiger partial charge in [0.15, 0.2) is 0 Å². The summed E-state index contributed by atoms with van der Waals surface area (Å²) in [5.41, 5.74) is 2.25. The number of hydrogen-bond acceptors (Lipinski definition) is 4. The molecule has 0 N–H and O–H groups in total. The molecule has 0 saturated carbocycles. The highest BCUT2D eigenvalue weighted by Crippen LogP contribution is 2.17. The number of carbonyl (C=O) groups excluding carboxylic acids is 2. The highest BCUT2D eigenvalue weighted by atomic mass is 32.1. The van der Waals surface area contributed by atoms with Crippen LogP contribution in [0.15, 0.2) is 66.0 Å². The number of aryl methyl sites for hydroxylation is 1. The van der Waals surface area contributed by atoms with E-state index in [1.165, 1.54) is 17.0 Å². The van der Waals surface area contributed by atoms with Crippen LogP contribution >= 0.6 is 11.3 Å². The number of halogens is 1. The summed E-state index contributed by atoms with van der Waals surface area (Å²) in [6, 6.07) is 17.4. The van der Waals surface area contributed by atoms with Crippen LogP contribution in [-0.4, -0.2) is 48.4 Å². The molecule has 0 fully saturated rings. The summed E-state index contributed by atoms with van der Waals surface area (Å²) >= 11 is 1.57. The van der Waals surface area contributed by atoms with Crippen LogP contribution < -0.4 is 0 Å². The van der Waals surface area contributed by atoms with E-state index in [1.807, 2.05) is 42.6 Å². The van der Waals surface area contributed by atoms with Gasteiger partial charge in [0.1, 0.15) is 12.4 Å². The summed E-state index contributed by atoms with van der Waals surface area (Å²) in [5, 5.41) is 1.96. The van der Waals surface area contributed by atoms with E-state index in [-0.39, 0.29) is 24.2 Å². The zero-order valence-corrected chi connectivity index (χ0v) is 19.1. The minimum atomic E-state index is -0.320. The second-order valence-electron chi connectivity index (χ2n) is 7.49. The Morgan fingerprint density at radius 2 is 1.72 bits per heavy atom. The Bertz CT molecular complexity index is 1020. The molecule has 0 unspecified atom stereocenters. The van der Waals surface area contributed by atoms with E-state index in [0.717, 1.165) is 16.0 Å². The number of rotatable bonds is 10. The van der Waals surface area contributed by atoms with Gasteiger partial charge < -0.3 is 14.5 Å². The Morgan fingerprint density at radius 3 is 2.38 bits per heavy atom. The van der Waals surface area contributed by atoms with Gasteiger partial charge in [-0.05, 0) is 47.7 Å². The maximum absolute atomic E-state index is 13.4. The second-order valence-corrected chi connectivity index (χ2v) is 8.52. The Hall–Kier alpha value is -3.03. The topological polar surface area (TPSA) is 49.9 Å². The standard InChI is InChI=1S/C25H27FN2O3S/c1-19-6-3-4-8-23(19)25(30)27(13-14-31-2)18-24(29)28(17-22-7-5-15-32-22)16-20-9-11-21(26)12-10-20/h3-12,15H,13-14,16-18H2,1-2H3. The van der Waals surface area contributed by atoms with Crippen molar-refractivity contribution in [1.82, 2.24) is 9.80 Å². The minimum Gasteiger partial charge on any atom is -0.383 e. The molecule has 0 aliphatic carbocycles. The van der Waals surface area contributed by atoms with Crippen LogP contribution in [0.5, 0.6) is 0 Å². The lowest BCUT2D eigenvalue weighted by atomic mass is 10.1. The average Bonchev–Trinajstić information content (AvgIpc) is 3.30. The molecule has 0 bridgehead atoms. The molecular weight excluding hydrogens is 427 g/mol. The first-order valence-electron chi connectivity index (χ1n) is 10.4. The van der Waals surface area contributed by atoms with E-state index >= 15 is 0 Å². The molecule has 0 radical (unpaired) electrons. The van der Waals surface area contributed by atoms with Crippen molar-refractivity contribution < 1.29 is 18.7 Å². The molecule has 3 aromatic rings. The largest absolute Gasteiger partial charge is 0.383 e. The van der Waals surface area contributed by atoms with E-state index in [2.05, 4.69) is 0 Å². The number of hydrogen-bond donors (Lipinski definition) is 0. The third-order valence-corrected chi connectivity index (χ3v) is 5.98. The zero-order valence-electron chi connectivity index (χ0n) is 18.3. The first-order valence-corrected chi connectivity index (χ1v) is 11.2. The molecule has 1 heterocycles. The highest BCUT2D eigenvalue weighted by Gasteiger charge is 2.23. The van der Waals surface area contributed by atoms with Gasteiger partial charge in [-0.3, -0.25) is 9.59 Å². The molecule has 5 nitrogen and oxygen atoms in total. The molecule has 32 heavy (non-hydrogen) atoms. The van der Waals surface area contributed by atoms with Crippen molar-refractivity contribution in [1.29, 1.82) is 0 Å². The number of ether oxygens (including phenoxy) is 1. The van der Waals surface area contributed by atoms with Gasteiger partial charge in [0.2, 0.25) is 5.91 Å². The van der Waals surface area contributed by atoms with Crippen molar-refractivity contribution in [2.45, 2.75) is 20.0 Å². The number of methoxy groups -OCH3 is 1. The normalized spacial score (nSPS) is 10.7. The third kappa shape index (κ3) is 6.48. The Labute approximate surface area is 192 Å². The molecule has 0 aliphatic rings. The van der Waals surface area contributed by atoms with Gasteiger partial charge in [-0.2, -0.15) is 0 Å². The van der Waals surface area contributed by atoms with E-state index < -0.39 is 0 Å². The molecule has 0 saturated heterocycles. The highest BCUT2D eigenvalue weighted by molar-refractivity contribution is 7.09. The summed E-state index contributed by atoms with van der Waals surface area (Å²) in [7, 11) is 1.57. The molecule has 2 aromatic carbocycles. The van der Waals surface area contributed by atoms with Crippen LogP contribution in [0.25, 0.3) is 0 Å². The molecule has 0 atom stereocenters. The van der Waals surface area contributed by atoms with E-state index in [9.17, 15) is 14.0 Å². The lowest BCUT2D eigenvalue weighted by Gasteiger charge is -2.28. The van der Waals surface area contributed by atoms with Crippen molar-refractivity contribution in [2.24, 2.45) is 0 Å². The quantitative estimate of drug-likeness (QED) is 0.453. The fourth-order valence-electron chi connectivity index (χ4n) is 3.33. The van der Waals surface area contributed by atoms with Crippen LogP contribution in [-0.2, 0) is 22.6 Å². The Kier molecular flexibility index (Phi) is 8.53. The van der Waals surface area contributed by atoms with Gasteiger partial charge >= 0.3 is 0 Å². The Balaban J connectivity index is 1.80. The van der Waals surface area contributed by atoms with E-state index in [4.69, 9.17) is 4.74 Å². The second kappa shape index (κ2) is 11.5. The van der Waals surface area contributed by atoms with Crippen LogP contribution in [0.2, 0.25) is 0 Å². The fourth-order valence-corrected chi connectivity index (χ4v) is 4.05. The van der Waals surface area contributed by atoms with Crippen molar-refractivity contribution in [3.8, 4) is 0 Å². The van der Waals surface area contributed by atoms with Crippen molar-refractivity contribution in [3.63, 3.8) is 0 Å². The van der Waals surface area contributed by atoms with Gasteiger partial charge in [0.25, 0.3) is 5.91 Å². The smallest absolute Gasteiger partial charge is 0.254 e. The van der Waals surface area contributed by atoms with Gasteiger partial charge in [-0.15, -0.1) is 11.3 Å². The van der Waals surface area contributed by atoms with Crippen molar-refractivity contribution >= 4 is 23.2 Å². The third-order valence-electron chi connectivity index (χ3n) is 5.12. The SMILES string of the molecule is COCCN(CC(=O)N(Cc1ccc(F)cc1)Cc1cccs1)C(=O)c1ccccc1C. The molecule has 2 amide bonds. The fraction of sp³-hybridized carbons (Fsp3) is 0.280. The lowest BCUT2D eigenvalue weighted by Crippen LogP contribution is -2.43. The number of nitrogens with zero attached hydrogens (tertiary/aromatic N) is 2. The summed E-state index contributed by atoms with van der Waals surface area (Å²) < 4.78 is 18.5. The van der Waals surface area contributed by atoms with Crippen LogP contribution in [0.1, 0.15) is 26.4 Å². The van der Waals surface area contributed by atoms with Crippen LogP contribution in [0, 0.1) is 12.7 Å². The van der Waals surface area contributed by atoms with Gasteiger partial charge in [0, 0.05) is 30.6 Å². The first kappa shape index (κ1) is 23.6. The van der Waals surface area contributed by atoms with Gasteiger partial charge in [-0.25, -0.2) is 4.39 Å². The summed E-state index contributed by atoms with van der Waals surface area (Å²) in [4.78, 5) is 30.8. The predicted octanol–water partition coefficient (Wildman–Crippen LogP) is 4.51. The van der Waals surface area contributed by atoms with Crippen molar-refractivity contribution in [3.05, 3.63) is 93.4 Å². The van der Waals surface area contributed by atoms with Crippen LogP contribution in [0.4, 0.5) is 4.39 Å². The molecule has 1 aromatic heterocycles. The predicted molar refractivity (Wildman–Crippen MR) is 124 cm³/mol. The van der Waals surface area contributed by atoms with Crippen molar-refractivity contribution in [2.75, 3.05) is 26.8 Å². The first-order chi connectivity index (χ1) is 15.5. The number of amides is 2. The van der Waals surface area contributed by atoms with Crippen LogP contribution in [0.3, 0.4) is 0 Å². The maximum atomic E-state index is 13.4. The average molecular weight is 455 g/mol. The number of thiophene rings is 1. The van der Waals surface area contributed by atoms with Gasteiger partial charge in [-0.1, -0.05) is 36.4 Å². The molecular formula is C25H27FN2O3S. The number of carbonyl (C=O) groups is 2. The summed E-state index contributed by atoms with van der Waals surface area (Å²) in [6.07, 6.45) is 0. The molecule has 3 rings (SSSR count). The van der Waals surface area contributed by atoms with Gasteiger partial charge in [0.05, 0.1) is 13.2 Å². The monoisotopic (exact) mass is 454 g/mol. The maximum Gasteiger partial charge on any atom is 0.254 e. The van der Waals surface area contributed by atoms with E-state index in [0.29, 0.717) is 31.8 Å². The molecule has 0 aliphatic heterocycles. The summed E-state index contributed by atoms with van der Waals surface area (Å²) in [6.45, 7) is 3.19. The van der Waals surface area contributed by atoms with E-state index in [1.54, 1.807) is 41.5 Å².